The SMILES string of the molecule is COC(=O)C(C)(C)C1=CC=NCCCC1C. The molecule has 1 atom stereocenters. The molecule has 0 amide bonds. The summed E-state index contributed by atoms with van der Waals surface area (Å²) < 4.78 is 4.86. The summed E-state index contributed by atoms with van der Waals surface area (Å²) in [6.07, 6.45) is 5.94. The van der Waals surface area contributed by atoms with Crippen LogP contribution < -0.4 is 0 Å². The van der Waals surface area contributed by atoms with Gasteiger partial charge in [-0.15, -0.1) is 0 Å². The number of allylic oxidation sites excluding steroid dienone is 1. The Kier molecular flexibility index (Phi) is 4.27. The van der Waals surface area contributed by atoms with Gasteiger partial charge in [0.1, 0.15) is 0 Å². The molecule has 3 heteroatoms. The molecular formula is C13H21NO2. The maximum absolute atomic E-state index is 11.8. The second kappa shape index (κ2) is 5.28. The van der Waals surface area contributed by atoms with Gasteiger partial charge in [-0.3, -0.25) is 9.79 Å². The van der Waals surface area contributed by atoms with E-state index in [1.165, 1.54) is 7.11 Å². The van der Waals surface area contributed by atoms with Gasteiger partial charge in [0.2, 0.25) is 0 Å². The summed E-state index contributed by atoms with van der Waals surface area (Å²) >= 11 is 0. The van der Waals surface area contributed by atoms with E-state index in [0.29, 0.717) is 5.92 Å². The number of methoxy groups -OCH3 is 1. The summed E-state index contributed by atoms with van der Waals surface area (Å²) in [5.74, 6) is 0.223. The highest BCUT2D eigenvalue weighted by Crippen LogP contribution is 2.35. The molecule has 1 aliphatic heterocycles. The van der Waals surface area contributed by atoms with Crippen LogP contribution in [0.4, 0.5) is 0 Å². The van der Waals surface area contributed by atoms with Crippen LogP contribution in [-0.4, -0.2) is 25.8 Å². The third-order valence-electron chi connectivity index (χ3n) is 3.23. The number of carbonyl (C=O) groups is 1. The predicted molar refractivity (Wildman–Crippen MR) is 65.6 cm³/mol. The Morgan fingerprint density at radius 1 is 1.56 bits per heavy atom. The smallest absolute Gasteiger partial charge is 0.315 e. The molecule has 0 N–H and O–H groups in total. The number of hydrogen-bond acceptors (Lipinski definition) is 3. The zero-order chi connectivity index (χ0) is 12.2. The first-order valence-corrected chi connectivity index (χ1v) is 5.79. The number of carbonyl (C=O) groups excluding carboxylic acids is 1. The van der Waals surface area contributed by atoms with Crippen molar-refractivity contribution in [2.45, 2.75) is 33.6 Å². The molecule has 1 aliphatic rings. The van der Waals surface area contributed by atoms with Crippen LogP contribution in [0, 0.1) is 11.3 Å². The minimum atomic E-state index is -0.558. The summed E-state index contributed by atoms with van der Waals surface area (Å²) in [5, 5.41) is 0. The number of rotatable bonds is 2. The van der Waals surface area contributed by atoms with Crippen LogP contribution in [-0.2, 0) is 9.53 Å². The molecule has 0 aromatic rings. The van der Waals surface area contributed by atoms with Gasteiger partial charge < -0.3 is 4.74 Å². The average molecular weight is 223 g/mol. The Labute approximate surface area is 97.6 Å². The van der Waals surface area contributed by atoms with Crippen molar-refractivity contribution in [2.24, 2.45) is 16.3 Å². The van der Waals surface area contributed by atoms with Gasteiger partial charge in [0.25, 0.3) is 0 Å². The van der Waals surface area contributed by atoms with Crippen molar-refractivity contribution in [2.75, 3.05) is 13.7 Å². The van der Waals surface area contributed by atoms with Gasteiger partial charge in [-0.05, 0) is 44.3 Å². The third kappa shape index (κ3) is 2.71. The summed E-state index contributed by atoms with van der Waals surface area (Å²) in [7, 11) is 1.44. The Bertz CT molecular complexity index is 316. The fraction of sp³-hybridized carbons (Fsp3) is 0.692. The van der Waals surface area contributed by atoms with Crippen molar-refractivity contribution < 1.29 is 9.53 Å². The number of esters is 1. The van der Waals surface area contributed by atoms with Crippen molar-refractivity contribution in [3.63, 3.8) is 0 Å². The molecule has 0 aromatic heterocycles. The van der Waals surface area contributed by atoms with E-state index < -0.39 is 5.41 Å². The minimum Gasteiger partial charge on any atom is -0.468 e. The van der Waals surface area contributed by atoms with E-state index in [0.717, 1.165) is 25.0 Å². The number of aliphatic imine (C=N–C) groups is 1. The van der Waals surface area contributed by atoms with Crippen LogP contribution in [0.15, 0.2) is 16.6 Å². The quantitative estimate of drug-likeness (QED) is 0.675. The Hall–Kier alpha value is -1.12. The summed E-state index contributed by atoms with van der Waals surface area (Å²) in [5.41, 5.74) is 0.556. The van der Waals surface area contributed by atoms with Gasteiger partial charge in [-0.2, -0.15) is 0 Å². The monoisotopic (exact) mass is 223 g/mol. The van der Waals surface area contributed by atoms with Crippen molar-refractivity contribution in [3.05, 3.63) is 11.6 Å². The Balaban J connectivity index is 3.01. The summed E-state index contributed by atoms with van der Waals surface area (Å²) in [4.78, 5) is 16.0. The fourth-order valence-electron chi connectivity index (χ4n) is 2.21. The molecular weight excluding hydrogens is 202 g/mol. The lowest BCUT2D eigenvalue weighted by Crippen LogP contribution is -2.31. The summed E-state index contributed by atoms with van der Waals surface area (Å²) in [6, 6.07) is 0. The van der Waals surface area contributed by atoms with Gasteiger partial charge in [-0.25, -0.2) is 0 Å². The van der Waals surface area contributed by atoms with Crippen molar-refractivity contribution >= 4 is 12.2 Å². The first-order valence-electron chi connectivity index (χ1n) is 5.79. The van der Waals surface area contributed by atoms with Crippen molar-refractivity contribution in [1.29, 1.82) is 0 Å². The van der Waals surface area contributed by atoms with Crippen LogP contribution in [0.3, 0.4) is 0 Å². The number of hydrogen-bond donors (Lipinski definition) is 0. The maximum Gasteiger partial charge on any atom is 0.315 e. The molecule has 0 aromatic carbocycles. The summed E-state index contributed by atoms with van der Waals surface area (Å²) in [6.45, 7) is 6.87. The molecule has 1 heterocycles. The van der Waals surface area contributed by atoms with E-state index in [-0.39, 0.29) is 5.97 Å². The normalized spacial score (nSPS) is 22.0. The van der Waals surface area contributed by atoms with E-state index in [1.54, 1.807) is 0 Å². The molecule has 0 spiro atoms. The molecule has 0 saturated heterocycles. The van der Waals surface area contributed by atoms with E-state index in [4.69, 9.17) is 4.74 Å². The number of nitrogens with zero attached hydrogens (tertiary/aromatic N) is 1. The molecule has 0 radical (unpaired) electrons. The topological polar surface area (TPSA) is 38.7 Å². The Morgan fingerprint density at radius 2 is 2.25 bits per heavy atom. The lowest BCUT2D eigenvalue weighted by Gasteiger charge is -2.30. The lowest BCUT2D eigenvalue weighted by molar-refractivity contribution is -0.148. The van der Waals surface area contributed by atoms with Gasteiger partial charge in [-0.1, -0.05) is 6.92 Å². The van der Waals surface area contributed by atoms with Crippen LogP contribution in [0.2, 0.25) is 0 Å². The van der Waals surface area contributed by atoms with Crippen LogP contribution in [0.5, 0.6) is 0 Å². The minimum absolute atomic E-state index is 0.181. The zero-order valence-electron chi connectivity index (χ0n) is 10.6. The van der Waals surface area contributed by atoms with E-state index >= 15 is 0 Å². The molecule has 1 unspecified atom stereocenters. The van der Waals surface area contributed by atoms with E-state index in [1.807, 2.05) is 26.1 Å². The molecule has 16 heavy (non-hydrogen) atoms. The second-order valence-corrected chi connectivity index (χ2v) is 4.84. The molecule has 3 nitrogen and oxygen atoms in total. The van der Waals surface area contributed by atoms with Gasteiger partial charge in [0, 0.05) is 12.8 Å². The molecule has 90 valence electrons. The molecule has 0 aliphatic carbocycles. The highest BCUT2D eigenvalue weighted by Gasteiger charge is 2.35. The lowest BCUT2D eigenvalue weighted by atomic mass is 9.76. The second-order valence-electron chi connectivity index (χ2n) is 4.84. The number of ether oxygens (including phenoxy) is 1. The zero-order valence-corrected chi connectivity index (χ0v) is 10.6. The highest BCUT2D eigenvalue weighted by atomic mass is 16.5. The van der Waals surface area contributed by atoms with E-state index in [2.05, 4.69) is 11.9 Å². The largest absolute Gasteiger partial charge is 0.468 e. The van der Waals surface area contributed by atoms with Crippen LogP contribution in [0.1, 0.15) is 33.6 Å². The fourth-order valence-corrected chi connectivity index (χ4v) is 2.21. The predicted octanol–water partition coefficient (Wildman–Crippen LogP) is 2.61. The third-order valence-corrected chi connectivity index (χ3v) is 3.23. The van der Waals surface area contributed by atoms with Crippen LogP contribution >= 0.6 is 0 Å². The first kappa shape index (κ1) is 12.9. The Morgan fingerprint density at radius 3 is 2.88 bits per heavy atom. The molecule has 0 bridgehead atoms. The average Bonchev–Trinajstić information content (AvgIpc) is 2.22. The maximum atomic E-state index is 11.8. The van der Waals surface area contributed by atoms with Gasteiger partial charge in [0.05, 0.1) is 12.5 Å². The van der Waals surface area contributed by atoms with Crippen molar-refractivity contribution in [1.82, 2.24) is 0 Å². The van der Waals surface area contributed by atoms with Gasteiger partial charge in [0.15, 0.2) is 0 Å². The van der Waals surface area contributed by atoms with Gasteiger partial charge >= 0.3 is 5.97 Å². The molecule has 0 fully saturated rings. The van der Waals surface area contributed by atoms with Crippen molar-refractivity contribution in [3.8, 4) is 0 Å². The molecule has 0 saturated carbocycles. The van der Waals surface area contributed by atoms with Crippen LogP contribution in [0.25, 0.3) is 0 Å². The first-order chi connectivity index (χ1) is 7.50. The standard InChI is InChI=1S/C13H21NO2/c1-10-6-5-8-14-9-7-11(10)13(2,3)12(15)16-4/h7,9-10H,5-6,8H2,1-4H3. The van der Waals surface area contributed by atoms with E-state index in [9.17, 15) is 4.79 Å². The molecule has 1 rings (SSSR count). The highest BCUT2D eigenvalue weighted by molar-refractivity contribution is 5.82.